The fourth-order valence-electron chi connectivity index (χ4n) is 3.74. The van der Waals surface area contributed by atoms with Gasteiger partial charge in [0, 0.05) is 6.92 Å². The quantitative estimate of drug-likeness (QED) is 0.414. The summed E-state index contributed by atoms with van der Waals surface area (Å²) in [4.78, 5) is 42.5. The molecule has 0 saturated heterocycles. The number of rotatable bonds is 5. The minimum absolute atomic E-state index is 0.162. The number of thiazole rings is 1. The smallest absolute Gasteiger partial charge is 0.338 e. The van der Waals surface area contributed by atoms with E-state index in [9.17, 15) is 18.8 Å². The van der Waals surface area contributed by atoms with Gasteiger partial charge in [0.2, 0.25) is 0 Å². The van der Waals surface area contributed by atoms with E-state index in [0.29, 0.717) is 31.9 Å². The first-order valence-electron chi connectivity index (χ1n) is 10.5. The van der Waals surface area contributed by atoms with E-state index >= 15 is 0 Å². The Bertz CT molecular complexity index is 1480. The molecular formula is C25H21FN2O5S. The second-order valence-electron chi connectivity index (χ2n) is 7.52. The van der Waals surface area contributed by atoms with Crippen LogP contribution in [0.3, 0.4) is 0 Å². The number of esters is 2. The Balaban J connectivity index is 1.90. The Morgan fingerprint density at radius 2 is 1.94 bits per heavy atom. The van der Waals surface area contributed by atoms with Crippen LogP contribution in [0.5, 0.6) is 5.75 Å². The van der Waals surface area contributed by atoms with Gasteiger partial charge < -0.3 is 9.47 Å². The van der Waals surface area contributed by atoms with Crippen LogP contribution in [-0.4, -0.2) is 23.1 Å². The molecule has 0 aliphatic carbocycles. The van der Waals surface area contributed by atoms with Gasteiger partial charge in [-0.15, -0.1) is 0 Å². The van der Waals surface area contributed by atoms with Gasteiger partial charge in [-0.05, 0) is 55.3 Å². The lowest BCUT2D eigenvalue weighted by Gasteiger charge is -2.24. The van der Waals surface area contributed by atoms with Crippen LogP contribution in [-0.2, 0) is 14.3 Å². The molecule has 0 fully saturated rings. The molecule has 2 heterocycles. The van der Waals surface area contributed by atoms with E-state index in [2.05, 4.69) is 4.99 Å². The summed E-state index contributed by atoms with van der Waals surface area (Å²) in [5.74, 6) is -1.10. The molecule has 0 amide bonds. The van der Waals surface area contributed by atoms with Crippen molar-refractivity contribution in [3.05, 3.63) is 96.4 Å². The summed E-state index contributed by atoms with van der Waals surface area (Å²) in [7, 11) is 0. The van der Waals surface area contributed by atoms with E-state index in [1.165, 1.54) is 47.1 Å². The van der Waals surface area contributed by atoms with Crippen LogP contribution in [0.15, 0.2) is 69.6 Å². The predicted octanol–water partition coefficient (Wildman–Crippen LogP) is 2.86. The maximum Gasteiger partial charge on any atom is 0.338 e. The number of carbonyl (C=O) groups is 2. The number of benzene rings is 2. The van der Waals surface area contributed by atoms with Gasteiger partial charge in [-0.1, -0.05) is 35.6 Å². The molecule has 0 radical (unpaired) electrons. The predicted molar refractivity (Wildman–Crippen MR) is 125 cm³/mol. The molecule has 0 N–H and O–H groups in total. The second kappa shape index (κ2) is 9.56. The largest absolute Gasteiger partial charge is 0.463 e. The number of ether oxygens (including phenoxy) is 2. The van der Waals surface area contributed by atoms with Gasteiger partial charge in [-0.25, -0.2) is 14.2 Å². The zero-order chi connectivity index (χ0) is 24.4. The van der Waals surface area contributed by atoms with Gasteiger partial charge in [0.05, 0.1) is 28.5 Å². The Hall–Kier alpha value is -3.85. The van der Waals surface area contributed by atoms with Crippen molar-refractivity contribution in [2.45, 2.75) is 26.8 Å². The topological polar surface area (TPSA) is 87.0 Å². The third kappa shape index (κ3) is 4.60. The van der Waals surface area contributed by atoms with Crippen molar-refractivity contribution in [3.8, 4) is 5.75 Å². The molecule has 2 aromatic carbocycles. The van der Waals surface area contributed by atoms with Gasteiger partial charge in [0.15, 0.2) is 4.80 Å². The zero-order valence-electron chi connectivity index (χ0n) is 18.7. The molecule has 1 aliphatic heterocycles. The highest BCUT2D eigenvalue weighted by molar-refractivity contribution is 7.07. The summed E-state index contributed by atoms with van der Waals surface area (Å²) in [5, 5.41) is 0. The molecule has 0 unspecified atom stereocenters. The number of fused-ring (bicyclic) bond motifs is 1. The maximum atomic E-state index is 13.6. The molecule has 174 valence electrons. The lowest BCUT2D eigenvalue weighted by Crippen LogP contribution is -2.39. The third-order valence-electron chi connectivity index (χ3n) is 5.12. The molecule has 0 saturated carbocycles. The fourth-order valence-corrected chi connectivity index (χ4v) is 4.78. The van der Waals surface area contributed by atoms with Crippen LogP contribution in [0.2, 0.25) is 0 Å². The molecule has 0 bridgehead atoms. The van der Waals surface area contributed by atoms with E-state index in [1.807, 2.05) is 0 Å². The molecule has 34 heavy (non-hydrogen) atoms. The number of nitrogens with zero attached hydrogens (tertiary/aromatic N) is 2. The summed E-state index contributed by atoms with van der Waals surface area (Å²) in [6, 6.07) is 11.6. The summed E-state index contributed by atoms with van der Waals surface area (Å²) in [6.45, 7) is 4.85. The summed E-state index contributed by atoms with van der Waals surface area (Å²) < 4.78 is 25.8. The number of carbonyl (C=O) groups excluding carboxylic acids is 2. The fraction of sp³-hybridized carbons (Fsp3) is 0.200. The Kier molecular flexibility index (Phi) is 6.56. The van der Waals surface area contributed by atoms with Gasteiger partial charge in [0.1, 0.15) is 11.6 Å². The minimum atomic E-state index is -0.814. The van der Waals surface area contributed by atoms with E-state index in [0.717, 1.165) is 0 Å². The Labute approximate surface area is 198 Å². The van der Waals surface area contributed by atoms with Crippen LogP contribution in [0.4, 0.5) is 4.39 Å². The molecule has 4 rings (SSSR count). The SMILES string of the molecule is CCOC(=O)C1=C(C)N=c2s/c(=C\c3cccc(OC(C)=O)c3)c(=O)n2[C@H]1c1ccc(F)cc1. The summed E-state index contributed by atoms with van der Waals surface area (Å²) in [5.41, 5.74) is 1.51. The average molecular weight is 481 g/mol. The first kappa shape index (κ1) is 23.3. The minimum Gasteiger partial charge on any atom is -0.463 e. The van der Waals surface area contributed by atoms with E-state index in [-0.39, 0.29) is 17.7 Å². The van der Waals surface area contributed by atoms with Gasteiger partial charge in [0.25, 0.3) is 5.56 Å². The highest BCUT2D eigenvalue weighted by Crippen LogP contribution is 2.30. The van der Waals surface area contributed by atoms with Crippen molar-refractivity contribution in [2.24, 2.45) is 4.99 Å². The average Bonchev–Trinajstić information content (AvgIpc) is 3.08. The van der Waals surface area contributed by atoms with Gasteiger partial charge in [-0.2, -0.15) is 0 Å². The first-order valence-corrected chi connectivity index (χ1v) is 11.3. The lowest BCUT2D eigenvalue weighted by atomic mass is 9.96. The number of halogens is 1. The third-order valence-corrected chi connectivity index (χ3v) is 6.10. The van der Waals surface area contributed by atoms with Crippen molar-refractivity contribution in [1.29, 1.82) is 0 Å². The monoisotopic (exact) mass is 480 g/mol. The Morgan fingerprint density at radius 1 is 1.21 bits per heavy atom. The molecule has 0 spiro atoms. The number of aromatic nitrogens is 1. The zero-order valence-corrected chi connectivity index (χ0v) is 19.5. The highest BCUT2D eigenvalue weighted by atomic mass is 32.1. The van der Waals surface area contributed by atoms with Crippen LogP contribution in [0.25, 0.3) is 6.08 Å². The maximum absolute atomic E-state index is 13.6. The van der Waals surface area contributed by atoms with Crippen molar-refractivity contribution in [1.82, 2.24) is 4.57 Å². The van der Waals surface area contributed by atoms with Crippen LogP contribution < -0.4 is 19.6 Å². The number of allylic oxidation sites excluding steroid dienone is 1. The van der Waals surface area contributed by atoms with Crippen LogP contribution in [0, 0.1) is 5.82 Å². The molecule has 1 aromatic heterocycles. The summed E-state index contributed by atoms with van der Waals surface area (Å²) in [6.07, 6.45) is 1.67. The number of hydrogen-bond acceptors (Lipinski definition) is 7. The van der Waals surface area contributed by atoms with E-state index in [4.69, 9.17) is 9.47 Å². The molecule has 7 nitrogen and oxygen atoms in total. The van der Waals surface area contributed by atoms with Gasteiger partial charge >= 0.3 is 11.9 Å². The number of hydrogen-bond donors (Lipinski definition) is 0. The lowest BCUT2D eigenvalue weighted by molar-refractivity contribution is -0.139. The van der Waals surface area contributed by atoms with Gasteiger partial charge in [-0.3, -0.25) is 14.2 Å². The standard InChI is InChI=1S/C25H21FN2O5S/c1-4-32-24(31)21-14(2)27-25-28(22(21)17-8-10-18(26)11-9-17)23(30)20(34-25)13-16-6-5-7-19(12-16)33-15(3)29/h5-13,22H,4H2,1-3H3/b20-13-/t22-/m0/s1. The van der Waals surface area contributed by atoms with Crippen molar-refractivity contribution < 1.29 is 23.5 Å². The molecule has 1 atom stereocenters. The molecule has 9 heteroatoms. The van der Waals surface area contributed by atoms with Crippen molar-refractivity contribution in [3.63, 3.8) is 0 Å². The second-order valence-corrected chi connectivity index (χ2v) is 8.53. The molecular weight excluding hydrogens is 459 g/mol. The van der Waals surface area contributed by atoms with Crippen molar-refractivity contribution >= 4 is 29.4 Å². The van der Waals surface area contributed by atoms with Crippen molar-refractivity contribution in [2.75, 3.05) is 6.61 Å². The molecule has 3 aromatic rings. The first-order chi connectivity index (χ1) is 16.3. The molecule has 1 aliphatic rings. The summed E-state index contributed by atoms with van der Waals surface area (Å²) >= 11 is 1.17. The van der Waals surface area contributed by atoms with Crippen LogP contribution >= 0.6 is 11.3 Å². The van der Waals surface area contributed by atoms with E-state index in [1.54, 1.807) is 44.2 Å². The van der Waals surface area contributed by atoms with Crippen LogP contribution in [0.1, 0.15) is 37.9 Å². The Morgan fingerprint density at radius 3 is 2.62 bits per heavy atom. The normalized spacial score (nSPS) is 15.5. The van der Waals surface area contributed by atoms with E-state index < -0.39 is 23.8 Å². The highest BCUT2D eigenvalue weighted by Gasteiger charge is 2.33.